The Morgan fingerprint density at radius 1 is 0.635 bits per heavy atom. The van der Waals surface area contributed by atoms with Crippen LogP contribution in [0.1, 0.15) is 113 Å². The molecule has 0 bridgehead atoms. The summed E-state index contributed by atoms with van der Waals surface area (Å²) < 4.78 is 42.9. The molecular formula is C53H88O21. The first-order valence-electron chi connectivity index (χ1n) is 27.0. The van der Waals surface area contributed by atoms with E-state index >= 15 is 0 Å². The lowest BCUT2D eigenvalue weighted by molar-refractivity contribution is -0.387. The highest BCUT2D eigenvalue weighted by atomic mass is 16.8. The Labute approximate surface area is 433 Å². The maximum atomic E-state index is 13.4. The minimum atomic E-state index is -1.98. The van der Waals surface area contributed by atoms with E-state index in [0.29, 0.717) is 38.0 Å². The Balaban J connectivity index is 1.13. The molecule has 0 aromatic heterocycles. The van der Waals surface area contributed by atoms with Crippen LogP contribution in [0.25, 0.3) is 0 Å². The molecule has 74 heavy (non-hydrogen) atoms. The monoisotopic (exact) mass is 1060 g/mol. The van der Waals surface area contributed by atoms with Crippen LogP contribution >= 0.6 is 0 Å². The van der Waals surface area contributed by atoms with E-state index in [2.05, 4.69) is 34.3 Å². The fourth-order valence-electron chi connectivity index (χ4n) is 15.7. The molecule has 0 aromatic carbocycles. The molecule has 21 nitrogen and oxygen atoms in total. The van der Waals surface area contributed by atoms with Gasteiger partial charge in [0.15, 0.2) is 18.9 Å². The molecule has 6 fully saturated rings. The normalized spacial score (nSPS) is 52.7. The summed E-state index contributed by atoms with van der Waals surface area (Å²) in [7, 11) is 0. The van der Waals surface area contributed by atoms with Gasteiger partial charge in [0, 0.05) is 5.92 Å². The molecule has 2 saturated carbocycles. The average molecular weight is 1060 g/mol. The number of allylic oxidation sites excluding steroid dienone is 2. The maximum absolute atomic E-state index is 13.4. The number of hydrogen-bond donors (Lipinski definition) is 14. The molecule has 4 heterocycles. The van der Waals surface area contributed by atoms with Crippen molar-refractivity contribution >= 4 is 0 Å². The highest BCUT2D eigenvalue weighted by molar-refractivity contribution is 5.39. The Bertz CT molecular complexity index is 1980. The number of aliphatic hydroxyl groups excluding tert-OH is 13. The van der Waals surface area contributed by atoms with Crippen LogP contribution in [0.2, 0.25) is 0 Å². The molecule has 8 aliphatic rings. The highest BCUT2D eigenvalue weighted by Crippen LogP contribution is 2.72. The fraction of sp³-hybridized carbons (Fsp3) is 0.925. The Hall–Kier alpha value is -1.36. The highest BCUT2D eigenvalue weighted by Gasteiger charge is 2.67. The van der Waals surface area contributed by atoms with Gasteiger partial charge in [-0.1, -0.05) is 44.4 Å². The summed E-state index contributed by atoms with van der Waals surface area (Å²) in [4.78, 5) is 0. The lowest BCUT2D eigenvalue weighted by Crippen LogP contribution is -2.71. The van der Waals surface area contributed by atoms with Crippen molar-refractivity contribution in [3.05, 3.63) is 23.3 Å². The maximum Gasteiger partial charge on any atom is 0.187 e. The first-order valence-corrected chi connectivity index (χ1v) is 27.0. The number of hydrogen-bond acceptors (Lipinski definition) is 21. The molecular weight excluding hydrogens is 973 g/mol. The summed E-state index contributed by atoms with van der Waals surface area (Å²) in [5, 5.41) is 156. The molecule has 0 unspecified atom stereocenters. The van der Waals surface area contributed by atoms with E-state index in [4.69, 9.17) is 33.2 Å². The van der Waals surface area contributed by atoms with Gasteiger partial charge >= 0.3 is 0 Å². The summed E-state index contributed by atoms with van der Waals surface area (Å²) in [6.07, 6.45) is -26.7. The molecule has 0 aromatic rings. The number of aliphatic hydroxyl groups is 14. The van der Waals surface area contributed by atoms with E-state index in [1.807, 2.05) is 6.92 Å². The third kappa shape index (κ3) is 9.94. The van der Waals surface area contributed by atoms with Crippen molar-refractivity contribution in [1.29, 1.82) is 0 Å². The second kappa shape index (κ2) is 22.3. The van der Waals surface area contributed by atoms with Crippen molar-refractivity contribution in [2.45, 2.75) is 247 Å². The third-order valence-electron chi connectivity index (χ3n) is 20.1. The second-order valence-corrected chi connectivity index (χ2v) is 24.4. The van der Waals surface area contributed by atoms with E-state index in [1.54, 1.807) is 0 Å². The molecule has 4 aliphatic heterocycles. The predicted octanol–water partition coefficient (Wildman–Crippen LogP) is -1.23. The van der Waals surface area contributed by atoms with E-state index < -0.39 is 171 Å². The Morgan fingerprint density at radius 2 is 1.20 bits per heavy atom. The molecule has 29 atom stereocenters. The third-order valence-corrected chi connectivity index (χ3v) is 20.1. The van der Waals surface area contributed by atoms with E-state index in [9.17, 15) is 71.5 Å². The summed E-state index contributed by atoms with van der Waals surface area (Å²) in [6, 6.07) is 0. The molecule has 14 N–H and O–H groups in total. The molecule has 0 radical (unpaired) electrons. The first-order chi connectivity index (χ1) is 34.7. The van der Waals surface area contributed by atoms with Gasteiger partial charge in [-0.15, -0.1) is 6.58 Å². The molecule has 8 rings (SSSR count). The van der Waals surface area contributed by atoms with Gasteiger partial charge in [-0.25, -0.2) is 0 Å². The molecule has 4 saturated heterocycles. The van der Waals surface area contributed by atoms with Crippen LogP contribution in [0.3, 0.4) is 0 Å². The summed E-state index contributed by atoms with van der Waals surface area (Å²) >= 11 is 0. The summed E-state index contributed by atoms with van der Waals surface area (Å²) in [6.45, 7) is 15.7. The van der Waals surface area contributed by atoms with Gasteiger partial charge in [-0.05, 0) is 119 Å². The minimum absolute atomic E-state index is 0.0444. The van der Waals surface area contributed by atoms with Crippen LogP contribution in [0, 0.1) is 39.9 Å². The smallest absolute Gasteiger partial charge is 0.187 e. The predicted molar refractivity (Wildman–Crippen MR) is 259 cm³/mol. The van der Waals surface area contributed by atoms with Crippen molar-refractivity contribution in [1.82, 2.24) is 0 Å². The lowest BCUT2D eigenvalue weighted by Gasteiger charge is -2.63. The van der Waals surface area contributed by atoms with E-state index in [0.717, 1.165) is 31.3 Å². The van der Waals surface area contributed by atoms with E-state index in [-0.39, 0.29) is 23.2 Å². The zero-order valence-electron chi connectivity index (χ0n) is 44.0. The van der Waals surface area contributed by atoms with Crippen LogP contribution in [0.5, 0.6) is 0 Å². The quantitative estimate of drug-likeness (QED) is 0.0854. The molecule has 21 heteroatoms. The van der Waals surface area contributed by atoms with Crippen molar-refractivity contribution in [2.75, 3.05) is 19.8 Å². The van der Waals surface area contributed by atoms with Crippen LogP contribution in [0.4, 0.5) is 0 Å². The van der Waals surface area contributed by atoms with Gasteiger partial charge in [0.1, 0.15) is 85.5 Å². The van der Waals surface area contributed by atoms with Gasteiger partial charge in [0.25, 0.3) is 0 Å². The zero-order valence-corrected chi connectivity index (χ0v) is 44.0. The molecule has 0 spiro atoms. The fourth-order valence-corrected chi connectivity index (χ4v) is 15.7. The Kier molecular flexibility index (Phi) is 17.7. The topological polar surface area (TPSA) is 348 Å². The van der Waals surface area contributed by atoms with Crippen LogP contribution < -0.4 is 0 Å². The van der Waals surface area contributed by atoms with Crippen molar-refractivity contribution in [3.63, 3.8) is 0 Å². The number of fused-ring (bicyclic) bond motifs is 4. The van der Waals surface area contributed by atoms with Crippen LogP contribution in [-0.2, 0) is 33.2 Å². The SMILES string of the molecule is C=C(C)C[C@H](O)C[C@@H](C)[C@H]1CC[C@@]2(C)C3=C(CC[C@]12C)[C@@]1(C)CC[C@H]([C@@H]2O[C@H](CO)[C@@H](O)[C@H](O[C@@H]4O[C@@H](C)[C@H](O)[C@@H](O)[C@H]4O)[C@H]2O[C@@H]2O[C@@H](C)[C@H](O)[C@@H](O[C@@H]4O[C@H](CO)[C@@H](O)[C@H](O)[C@H]4O)[C@H]2O)[C@](O)(CO)[C@@H]1CC3. The van der Waals surface area contributed by atoms with Crippen molar-refractivity contribution < 1.29 is 105 Å². The molecule has 426 valence electrons. The largest absolute Gasteiger partial charge is 0.394 e. The summed E-state index contributed by atoms with van der Waals surface area (Å²) in [5.41, 5.74) is 0.932. The summed E-state index contributed by atoms with van der Waals surface area (Å²) in [5.74, 6) is -0.926. The van der Waals surface area contributed by atoms with Gasteiger partial charge < -0.3 is 105 Å². The Morgan fingerprint density at radius 3 is 1.82 bits per heavy atom. The van der Waals surface area contributed by atoms with Gasteiger partial charge in [-0.3, -0.25) is 0 Å². The number of ether oxygens (including phenoxy) is 7. The second-order valence-electron chi connectivity index (χ2n) is 24.4. The molecule has 0 amide bonds. The van der Waals surface area contributed by atoms with Gasteiger partial charge in [0.2, 0.25) is 0 Å². The van der Waals surface area contributed by atoms with Crippen LogP contribution in [0.15, 0.2) is 23.3 Å². The minimum Gasteiger partial charge on any atom is -0.394 e. The van der Waals surface area contributed by atoms with Crippen LogP contribution in [-0.4, -0.2) is 226 Å². The van der Waals surface area contributed by atoms with Gasteiger partial charge in [-0.2, -0.15) is 0 Å². The van der Waals surface area contributed by atoms with Crippen molar-refractivity contribution in [2.24, 2.45) is 39.9 Å². The molecule has 4 aliphatic carbocycles. The number of rotatable bonds is 15. The lowest BCUT2D eigenvalue weighted by atomic mass is 9.43. The van der Waals surface area contributed by atoms with Gasteiger partial charge in [0.05, 0.1) is 49.8 Å². The zero-order chi connectivity index (χ0) is 54.3. The van der Waals surface area contributed by atoms with Crippen molar-refractivity contribution in [3.8, 4) is 0 Å². The first kappa shape index (κ1) is 58.8. The van der Waals surface area contributed by atoms with E-state index in [1.165, 1.54) is 25.0 Å². The average Bonchev–Trinajstić information content (AvgIpc) is 3.64. The standard InChI is InChI=1S/C53H88O21/c1-22(2)17-26(57)18-23(3)27-12-15-52(8)29-9-10-33-50(6,28(29)13-16-51(27,52)7)14-11-30(53(33,67)21-56)43-46(45(37(61)32(20-55)70-43)73-47-40(64)38(62)34(58)24(4)68-47)74-49-42(66)44(35(59)25(5)69-49)72-48-41(65)39(63)36(60)31(19-54)71-48/h23-27,30-49,54-67H,1,9-21H2,2-8H3/t23-,24+,25+,26+,27-,30-,31-,32-,33-,34+,35+,36-,37-,38-,39+,40-,41-,42-,43+,44-,45+,46+,47+,48+,49+,50-,51-,52+,53-/m1/s1.